The monoisotopic (exact) mass is 282 g/mol. The second-order valence-electron chi connectivity index (χ2n) is 6.28. The highest BCUT2D eigenvalue weighted by Gasteiger charge is 2.30. The fraction of sp³-hybridized carbons (Fsp3) is 0.625. The van der Waals surface area contributed by atoms with Crippen LogP contribution in [0.25, 0.3) is 0 Å². The number of benzene rings is 1. The molecule has 1 saturated heterocycles. The van der Waals surface area contributed by atoms with E-state index < -0.39 is 17.7 Å². The van der Waals surface area contributed by atoms with Gasteiger partial charge in [-0.25, -0.2) is 8.78 Å². The molecule has 4 atom stereocenters. The van der Waals surface area contributed by atoms with E-state index in [9.17, 15) is 8.78 Å². The van der Waals surface area contributed by atoms with Crippen LogP contribution in [-0.4, -0.2) is 24.0 Å². The van der Waals surface area contributed by atoms with Crippen LogP contribution in [0.5, 0.6) is 0 Å². The van der Waals surface area contributed by atoms with Crippen molar-refractivity contribution in [3.05, 3.63) is 35.4 Å². The Morgan fingerprint density at radius 3 is 2.70 bits per heavy atom. The summed E-state index contributed by atoms with van der Waals surface area (Å²) in [7, 11) is 0. The molecule has 4 unspecified atom stereocenters. The van der Waals surface area contributed by atoms with Crippen LogP contribution in [-0.2, 0) is 0 Å². The highest BCUT2D eigenvalue weighted by Crippen LogP contribution is 2.28. The first-order chi connectivity index (χ1) is 9.38. The van der Waals surface area contributed by atoms with Crippen molar-refractivity contribution in [3.8, 4) is 0 Å². The largest absolute Gasteiger partial charge is 0.323 e. The summed E-state index contributed by atoms with van der Waals surface area (Å²) in [6.45, 7) is 8.18. The van der Waals surface area contributed by atoms with E-state index in [1.165, 1.54) is 12.5 Å². The number of nitrogens with two attached hydrogens (primary N) is 1. The van der Waals surface area contributed by atoms with Gasteiger partial charge in [0, 0.05) is 30.7 Å². The summed E-state index contributed by atoms with van der Waals surface area (Å²) in [6, 6.07) is 3.41. The number of halogens is 2. The number of rotatable bonds is 3. The zero-order chi connectivity index (χ0) is 14.9. The summed E-state index contributed by atoms with van der Waals surface area (Å²) in [5, 5.41) is 0. The Bertz CT molecular complexity index is 464. The van der Waals surface area contributed by atoms with Gasteiger partial charge in [-0.15, -0.1) is 0 Å². The third-order valence-electron chi connectivity index (χ3n) is 4.51. The van der Waals surface area contributed by atoms with Gasteiger partial charge in [-0.1, -0.05) is 13.8 Å². The standard InChI is InChI=1S/C16H24F2N2/c1-10-6-11(2)12(3)20(8-10)9-16(19)14-7-13(17)4-5-15(14)18/h4-5,7,10-12,16H,6,8-9,19H2,1-3H3. The molecule has 112 valence electrons. The Hall–Kier alpha value is -1.00. The minimum Gasteiger partial charge on any atom is -0.323 e. The Morgan fingerprint density at radius 1 is 1.30 bits per heavy atom. The number of hydrogen-bond donors (Lipinski definition) is 1. The predicted octanol–water partition coefficient (Wildman–Crippen LogP) is 3.33. The summed E-state index contributed by atoms with van der Waals surface area (Å²) < 4.78 is 27.0. The molecule has 0 radical (unpaired) electrons. The van der Waals surface area contributed by atoms with Gasteiger partial charge < -0.3 is 5.73 Å². The molecule has 1 aliphatic rings. The van der Waals surface area contributed by atoms with Gasteiger partial charge >= 0.3 is 0 Å². The zero-order valence-electron chi connectivity index (χ0n) is 12.4. The van der Waals surface area contributed by atoms with Gasteiger partial charge in [0.2, 0.25) is 0 Å². The third kappa shape index (κ3) is 3.36. The Kier molecular flexibility index (Phi) is 4.76. The van der Waals surface area contributed by atoms with Crippen molar-refractivity contribution in [1.82, 2.24) is 4.90 Å². The van der Waals surface area contributed by atoms with E-state index >= 15 is 0 Å². The van der Waals surface area contributed by atoms with Crippen LogP contribution in [0.3, 0.4) is 0 Å². The topological polar surface area (TPSA) is 29.3 Å². The minimum atomic E-state index is -0.495. The molecule has 0 amide bonds. The number of likely N-dealkylation sites (tertiary alicyclic amines) is 1. The smallest absolute Gasteiger partial charge is 0.128 e. The van der Waals surface area contributed by atoms with Gasteiger partial charge in [-0.3, -0.25) is 4.90 Å². The van der Waals surface area contributed by atoms with Gasteiger partial charge in [-0.2, -0.15) is 0 Å². The molecule has 0 spiro atoms. The minimum absolute atomic E-state index is 0.267. The van der Waals surface area contributed by atoms with E-state index in [0.717, 1.165) is 18.7 Å². The number of nitrogens with zero attached hydrogens (tertiary/aromatic N) is 1. The molecule has 1 fully saturated rings. The Labute approximate surface area is 120 Å². The molecule has 1 aliphatic heterocycles. The van der Waals surface area contributed by atoms with Gasteiger partial charge in [0.25, 0.3) is 0 Å². The van der Waals surface area contributed by atoms with Crippen LogP contribution in [0.15, 0.2) is 18.2 Å². The van der Waals surface area contributed by atoms with E-state index in [1.807, 2.05) is 0 Å². The molecular formula is C16H24F2N2. The van der Waals surface area contributed by atoms with Crippen molar-refractivity contribution in [2.75, 3.05) is 13.1 Å². The number of hydrogen-bond acceptors (Lipinski definition) is 2. The first kappa shape index (κ1) is 15.4. The molecule has 0 aromatic heterocycles. The van der Waals surface area contributed by atoms with E-state index in [0.29, 0.717) is 24.4 Å². The summed E-state index contributed by atoms with van der Waals surface area (Å²) in [5.74, 6) is 0.351. The third-order valence-corrected chi connectivity index (χ3v) is 4.51. The summed E-state index contributed by atoms with van der Waals surface area (Å²) in [5.41, 5.74) is 6.37. The van der Waals surface area contributed by atoms with Gasteiger partial charge in [0.1, 0.15) is 11.6 Å². The molecule has 2 N–H and O–H groups in total. The van der Waals surface area contributed by atoms with E-state index in [2.05, 4.69) is 25.7 Å². The summed E-state index contributed by atoms with van der Waals surface area (Å²) >= 11 is 0. The molecule has 20 heavy (non-hydrogen) atoms. The molecule has 1 aromatic carbocycles. The quantitative estimate of drug-likeness (QED) is 0.921. The molecule has 2 nitrogen and oxygen atoms in total. The lowest BCUT2D eigenvalue weighted by atomic mass is 9.85. The molecule has 0 saturated carbocycles. The maximum atomic E-state index is 13.8. The highest BCUT2D eigenvalue weighted by molar-refractivity contribution is 5.22. The van der Waals surface area contributed by atoms with E-state index in [1.54, 1.807) is 0 Å². The average molecular weight is 282 g/mol. The molecule has 2 rings (SSSR count). The van der Waals surface area contributed by atoms with Crippen molar-refractivity contribution < 1.29 is 8.78 Å². The van der Waals surface area contributed by atoms with E-state index in [4.69, 9.17) is 5.73 Å². The fourth-order valence-electron chi connectivity index (χ4n) is 3.22. The van der Waals surface area contributed by atoms with Crippen LogP contribution in [0.2, 0.25) is 0 Å². The average Bonchev–Trinajstić information content (AvgIpc) is 2.38. The SMILES string of the molecule is CC1CC(C)C(C)N(CC(N)c2cc(F)ccc2F)C1. The van der Waals surface area contributed by atoms with Crippen molar-refractivity contribution in [3.63, 3.8) is 0 Å². The zero-order valence-corrected chi connectivity index (χ0v) is 12.4. The number of piperidine rings is 1. The fourth-order valence-corrected chi connectivity index (χ4v) is 3.22. The lowest BCUT2D eigenvalue weighted by Crippen LogP contribution is -2.48. The van der Waals surface area contributed by atoms with Crippen LogP contribution < -0.4 is 5.73 Å². The second kappa shape index (κ2) is 6.19. The predicted molar refractivity (Wildman–Crippen MR) is 77.3 cm³/mol. The lowest BCUT2D eigenvalue weighted by molar-refractivity contribution is 0.0738. The van der Waals surface area contributed by atoms with E-state index in [-0.39, 0.29) is 5.56 Å². The van der Waals surface area contributed by atoms with Gasteiger partial charge in [0.05, 0.1) is 0 Å². The summed E-state index contributed by atoms with van der Waals surface area (Å²) in [6.07, 6.45) is 1.21. The Morgan fingerprint density at radius 2 is 2.00 bits per heavy atom. The maximum Gasteiger partial charge on any atom is 0.128 e. The molecule has 1 heterocycles. The van der Waals surface area contributed by atoms with Crippen molar-refractivity contribution in [1.29, 1.82) is 0 Å². The highest BCUT2D eigenvalue weighted by atomic mass is 19.1. The maximum absolute atomic E-state index is 13.8. The van der Waals surface area contributed by atoms with Crippen molar-refractivity contribution >= 4 is 0 Å². The van der Waals surface area contributed by atoms with Gasteiger partial charge in [-0.05, 0) is 43.4 Å². The molecule has 1 aromatic rings. The van der Waals surface area contributed by atoms with Gasteiger partial charge in [0.15, 0.2) is 0 Å². The van der Waals surface area contributed by atoms with Crippen molar-refractivity contribution in [2.45, 2.75) is 39.3 Å². The summed E-state index contributed by atoms with van der Waals surface area (Å²) in [4.78, 5) is 2.30. The molecule has 4 heteroatoms. The first-order valence-electron chi connectivity index (χ1n) is 7.33. The second-order valence-corrected chi connectivity index (χ2v) is 6.28. The Balaban J connectivity index is 2.10. The van der Waals surface area contributed by atoms with Crippen LogP contribution in [0, 0.1) is 23.5 Å². The van der Waals surface area contributed by atoms with Crippen LogP contribution in [0.1, 0.15) is 38.8 Å². The van der Waals surface area contributed by atoms with Crippen LogP contribution in [0.4, 0.5) is 8.78 Å². The molecule has 0 aliphatic carbocycles. The van der Waals surface area contributed by atoms with Crippen LogP contribution >= 0.6 is 0 Å². The normalized spacial score (nSPS) is 29.4. The van der Waals surface area contributed by atoms with Crippen molar-refractivity contribution in [2.24, 2.45) is 17.6 Å². The first-order valence-corrected chi connectivity index (χ1v) is 7.33. The lowest BCUT2D eigenvalue weighted by Gasteiger charge is -2.42. The molecule has 0 bridgehead atoms. The molecular weight excluding hydrogens is 258 g/mol.